The molecule has 5 nitrogen and oxygen atoms in total. The minimum absolute atomic E-state index is 0.103. The number of hydrogen-bond acceptors (Lipinski definition) is 3. The van der Waals surface area contributed by atoms with Gasteiger partial charge in [0.25, 0.3) is 11.5 Å². The number of carbonyl (C=O) groups is 1. The first-order valence-electron chi connectivity index (χ1n) is 5.75. The second-order valence-corrected chi connectivity index (χ2v) is 3.84. The molecule has 0 saturated carbocycles. The molecule has 0 atom stereocenters. The van der Waals surface area contributed by atoms with Crippen molar-refractivity contribution in [3.63, 3.8) is 0 Å². The molecule has 0 spiro atoms. The number of aryl methyl sites for hydroxylation is 1. The van der Waals surface area contributed by atoms with Crippen molar-refractivity contribution < 1.29 is 9.18 Å². The normalized spacial score (nSPS) is 10.2. The quantitative estimate of drug-likeness (QED) is 0.913. The number of rotatable bonds is 3. The van der Waals surface area contributed by atoms with E-state index in [0.717, 1.165) is 0 Å². The second-order valence-electron chi connectivity index (χ2n) is 3.84. The molecular weight excluding hydrogens is 249 g/mol. The minimum atomic E-state index is -0.493. The van der Waals surface area contributed by atoms with Gasteiger partial charge >= 0.3 is 0 Å². The summed E-state index contributed by atoms with van der Waals surface area (Å²) in [4.78, 5) is 23.2. The highest BCUT2D eigenvalue weighted by molar-refractivity contribution is 6.02. The van der Waals surface area contributed by atoms with E-state index in [4.69, 9.17) is 0 Å². The van der Waals surface area contributed by atoms with Crippen LogP contribution in [-0.4, -0.2) is 15.7 Å². The number of amides is 1. The molecule has 6 heteroatoms. The van der Waals surface area contributed by atoms with Gasteiger partial charge in [-0.2, -0.15) is 5.10 Å². The zero-order chi connectivity index (χ0) is 13.8. The smallest absolute Gasteiger partial charge is 0.276 e. The molecule has 1 amide bonds. The second kappa shape index (κ2) is 5.43. The number of aromatic nitrogens is 2. The topological polar surface area (TPSA) is 64.0 Å². The molecule has 1 aromatic heterocycles. The van der Waals surface area contributed by atoms with Crippen LogP contribution in [0.3, 0.4) is 0 Å². The average molecular weight is 261 g/mol. The van der Waals surface area contributed by atoms with Crippen LogP contribution in [0.5, 0.6) is 0 Å². The molecule has 0 aliphatic carbocycles. The van der Waals surface area contributed by atoms with E-state index >= 15 is 0 Å². The molecule has 0 aliphatic heterocycles. The van der Waals surface area contributed by atoms with Gasteiger partial charge in [0.15, 0.2) is 0 Å². The molecule has 0 saturated heterocycles. The Hall–Kier alpha value is -2.50. The maximum atomic E-state index is 13.0. The molecule has 1 heterocycles. The highest BCUT2D eigenvalue weighted by atomic mass is 19.1. The van der Waals surface area contributed by atoms with Crippen LogP contribution in [0.4, 0.5) is 10.1 Å². The Morgan fingerprint density at radius 1 is 1.37 bits per heavy atom. The van der Waals surface area contributed by atoms with Crippen LogP contribution in [0.15, 0.2) is 41.2 Å². The summed E-state index contributed by atoms with van der Waals surface area (Å²) in [6, 6.07) is 8.15. The van der Waals surface area contributed by atoms with E-state index in [-0.39, 0.29) is 11.3 Å². The van der Waals surface area contributed by atoms with Crippen molar-refractivity contribution in [2.24, 2.45) is 0 Å². The predicted molar refractivity (Wildman–Crippen MR) is 68.5 cm³/mol. The summed E-state index contributed by atoms with van der Waals surface area (Å²) >= 11 is 0. The molecule has 1 N–H and O–H groups in total. The van der Waals surface area contributed by atoms with Crippen LogP contribution < -0.4 is 10.9 Å². The zero-order valence-electron chi connectivity index (χ0n) is 10.3. The SMILES string of the molecule is CCn1nc(C(=O)Nc2cccc(F)c2)ccc1=O. The van der Waals surface area contributed by atoms with Crippen molar-refractivity contribution in [1.29, 1.82) is 0 Å². The van der Waals surface area contributed by atoms with E-state index in [1.54, 1.807) is 13.0 Å². The lowest BCUT2D eigenvalue weighted by molar-refractivity contribution is 0.102. The molecular formula is C13H12FN3O2. The van der Waals surface area contributed by atoms with E-state index in [9.17, 15) is 14.0 Å². The molecule has 0 radical (unpaired) electrons. The summed E-state index contributed by atoms with van der Waals surface area (Å²) < 4.78 is 14.2. The largest absolute Gasteiger partial charge is 0.320 e. The lowest BCUT2D eigenvalue weighted by Crippen LogP contribution is -2.25. The molecule has 0 unspecified atom stereocenters. The van der Waals surface area contributed by atoms with Gasteiger partial charge in [-0.1, -0.05) is 6.07 Å². The first-order valence-corrected chi connectivity index (χ1v) is 5.75. The number of halogens is 1. The van der Waals surface area contributed by atoms with E-state index < -0.39 is 11.7 Å². The van der Waals surface area contributed by atoms with Gasteiger partial charge in [0.1, 0.15) is 11.5 Å². The zero-order valence-corrected chi connectivity index (χ0v) is 10.3. The lowest BCUT2D eigenvalue weighted by Gasteiger charge is -2.06. The summed E-state index contributed by atoms with van der Waals surface area (Å²) in [6.07, 6.45) is 0. The third-order valence-electron chi connectivity index (χ3n) is 2.48. The third-order valence-corrected chi connectivity index (χ3v) is 2.48. The minimum Gasteiger partial charge on any atom is -0.320 e. The van der Waals surface area contributed by atoms with Crippen molar-refractivity contribution in [3.8, 4) is 0 Å². The third kappa shape index (κ3) is 3.04. The van der Waals surface area contributed by atoms with Gasteiger partial charge in [0.05, 0.1) is 0 Å². The Labute approximate surface area is 108 Å². The van der Waals surface area contributed by atoms with Crippen molar-refractivity contribution in [2.45, 2.75) is 13.5 Å². The van der Waals surface area contributed by atoms with Crippen LogP contribution in [0.1, 0.15) is 17.4 Å². The van der Waals surface area contributed by atoms with E-state index in [1.165, 1.54) is 35.0 Å². The summed E-state index contributed by atoms with van der Waals surface area (Å²) in [5.41, 5.74) is 0.163. The van der Waals surface area contributed by atoms with E-state index in [0.29, 0.717) is 12.2 Å². The molecule has 2 rings (SSSR count). The van der Waals surface area contributed by atoms with Gasteiger partial charge in [-0.25, -0.2) is 9.07 Å². The van der Waals surface area contributed by atoms with Crippen LogP contribution in [0, 0.1) is 5.82 Å². The standard InChI is InChI=1S/C13H12FN3O2/c1-2-17-12(18)7-6-11(16-17)13(19)15-10-5-3-4-9(14)8-10/h3-8H,2H2,1H3,(H,15,19). The first-order chi connectivity index (χ1) is 9.10. The number of nitrogens with one attached hydrogen (secondary N) is 1. The Morgan fingerprint density at radius 2 is 2.16 bits per heavy atom. The van der Waals surface area contributed by atoms with Gasteiger partial charge in [0, 0.05) is 18.3 Å². The van der Waals surface area contributed by atoms with Crippen molar-refractivity contribution in [3.05, 3.63) is 58.3 Å². The fraction of sp³-hybridized carbons (Fsp3) is 0.154. The maximum absolute atomic E-state index is 13.0. The Balaban J connectivity index is 2.23. The van der Waals surface area contributed by atoms with Gasteiger partial charge < -0.3 is 5.32 Å². The Bertz CT molecular complexity index is 667. The van der Waals surface area contributed by atoms with Crippen LogP contribution in [0.25, 0.3) is 0 Å². The van der Waals surface area contributed by atoms with Crippen molar-refractivity contribution in [2.75, 3.05) is 5.32 Å². The number of nitrogens with zero attached hydrogens (tertiary/aromatic N) is 2. The molecule has 1 aromatic carbocycles. The lowest BCUT2D eigenvalue weighted by atomic mass is 10.3. The van der Waals surface area contributed by atoms with E-state index in [2.05, 4.69) is 10.4 Å². The first kappa shape index (κ1) is 12.9. The number of benzene rings is 1. The highest BCUT2D eigenvalue weighted by Crippen LogP contribution is 2.10. The van der Waals surface area contributed by atoms with Crippen LogP contribution in [-0.2, 0) is 6.54 Å². The number of carbonyl (C=O) groups excluding carboxylic acids is 1. The number of anilines is 1. The summed E-state index contributed by atoms with van der Waals surface area (Å²) in [6.45, 7) is 2.13. The maximum Gasteiger partial charge on any atom is 0.276 e. The Kier molecular flexibility index (Phi) is 3.70. The van der Waals surface area contributed by atoms with E-state index in [1.807, 2.05) is 0 Å². The van der Waals surface area contributed by atoms with Gasteiger partial charge in [-0.05, 0) is 31.2 Å². The van der Waals surface area contributed by atoms with Crippen LogP contribution in [0.2, 0.25) is 0 Å². The molecule has 0 aliphatic rings. The average Bonchev–Trinajstić information content (AvgIpc) is 2.39. The summed E-state index contributed by atoms with van der Waals surface area (Å²) in [5, 5.41) is 6.42. The Morgan fingerprint density at radius 3 is 2.84 bits per heavy atom. The van der Waals surface area contributed by atoms with Crippen molar-refractivity contribution in [1.82, 2.24) is 9.78 Å². The van der Waals surface area contributed by atoms with Gasteiger partial charge in [0.2, 0.25) is 0 Å². The molecule has 98 valence electrons. The summed E-state index contributed by atoms with van der Waals surface area (Å²) in [7, 11) is 0. The van der Waals surface area contributed by atoms with Gasteiger partial charge in [-0.3, -0.25) is 9.59 Å². The van der Waals surface area contributed by atoms with Crippen LogP contribution >= 0.6 is 0 Å². The monoisotopic (exact) mass is 261 g/mol. The number of hydrogen-bond donors (Lipinski definition) is 1. The fourth-order valence-electron chi connectivity index (χ4n) is 1.56. The fourth-order valence-corrected chi connectivity index (χ4v) is 1.56. The predicted octanol–water partition coefficient (Wildman–Crippen LogP) is 1.65. The molecule has 19 heavy (non-hydrogen) atoms. The highest BCUT2D eigenvalue weighted by Gasteiger charge is 2.09. The molecule has 0 bridgehead atoms. The molecule has 0 fully saturated rings. The molecule has 2 aromatic rings. The summed E-state index contributed by atoms with van der Waals surface area (Å²) in [5.74, 6) is -0.933. The van der Waals surface area contributed by atoms with Gasteiger partial charge in [-0.15, -0.1) is 0 Å². The van der Waals surface area contributed by atoms with Crippen molar-refractivity contribution >= 4 is 11.6 Å².